The first-order valence-corrected chi connectivity index (χ1v) is 6.88. The Morgan fingerprint density at radius 1 is 1.26 bits per heavy atom. The van der Waals surface area contributed by atoms with Gasteiger partial charge in [-0.15, -0.1) is 5.10 Å². The van der Waals surface area contributed by atoms with Gasteiger partial charge in [-0.05, 0) is 25.1 Å². The molecule has 0 aliphatic rings. The van der Waals surface area contributed by atoms with Crippen LogP contribution in [0.3, 0.4) is 0 Å². The van der Waals surface area contributed by atoms with Gasteiger partial charge < -0.3 is 9.47 Å². The van der Waals surface area contributed by atoms with E-state index in [0.717, 1.165) is 5.69 Å². The average molecular weight is 316 g/mol. The van der Waals surface area contributed by atoms with Crippen LogP contribution >= 0.6 is 0 Å². The minimum atomic E-state index is -0.688. The molecule has 0 amide bonds. The van der Waals surface area contributed by atoms with Gasteiger partial charge in [0.1, 0.15) is 13.2 Å². The first-order chi connectivity index (χ1) is 11.1. The van der Waals surface area contributed by atoms with Crippen molar-refractivity contribution < 1.29 is 18.7 Å². The van der Waals surface area contributed by atoms with Gasteiger partial charge in [-0.3, -0.25) is 0 Å². The molecule has 0 saturated carbocycles. The van der Waals surface area contributed by atoms with Crippen molar-refractivity contribution in [2.24, 2.45) is 0 Å². The van der Waals surface area contributed by atoms with Gasteiger partial charge in [0.2, 0.25) is 0 Å². The second-order valence-corrected chi connectivity index (χ2v) is 4.65. The molecule has 0 aliphatic heterocycles. The Kier molecular flexibility index (Phi) is 4.13. The van der Waals surface area contributed by atoms with Crippen LogP contribution in [-0.4, -0.2) is 38.8 Å². The molecule has 0 spiro atoms. The monoisotopic (exact) mass is 316 g/mol. The highest BCUT2D eigenvalue weighted by molar-refractivity contribution is 5.85. The van der Waals surface area contributed by atoms with E-state index < -0.39 is 11.8 Å². The number of aryl methyl sites for hydroxylation is 1. The summed E-state index contributed by atoms with van der Waals surface area (Å²) in [5.74, 6) is -0.819. The number of para-hydroxylation sites is 1. The first kappa shape index (κ1) is 14.9. The fraction of sp³-hybridized carbons (Fsp3) is 0.200. The molecule has 8 heteroatoms. The van der Waals surface area contributed by atoms with Crippen molar-refractivity contribution in [2.75, 3.05) is 13.2 Å². The molecule has 7 nitrogen and oxygen atoms in total. The molecule has 1 aromatic carbocycles. The van der Waals surface area contributed by atoms with E-state index in [2.05, 4.69) is 15.1 Å². The summed E-state index contributed by atoms with van der Waals surface area (Å²) in [4.78, 5) is 19.9. The SMILES string of the molecule is Cc1ccnc2nc(C(=O)OCCOc3ccccc3F)nn12. The van der Waals surface area contributed by atoms with Crippen molar-refractivity contribution in [3.63, 3.8) is 0 Å². The fourth-order valence-corrected chi connectivity index (χ4v) is 1.91. The summed E-state index contributed by atoms with van der Waals surface area (Å²) < 4.78 is 25.0. The molecule has 2 heterocycles. The van der Waals surface area contributed by atoms with E-state index in [4.69, 9.17) is 9.47 Å². The summed E-state index contributed by atoms with van der Waals surface area (Å²) in [6, 6.07) is 7.75. The summed E-state index contributed by atoms with van der Waals surface area (Å²) in [6.45, 7) is 1.80. The van der Waals surface area contributed by atoms with Crippen molar-refractivity contribution in [3.8, 4) is 5.75 Å². The quantitative estimate of drug-likeness (QED) is 0.527. The van der Waals surface area contributed by atoms with E-state index in [-0.39, 0.29) is 24.8 Å². The van der Waals surface area contributed by atoms with E-state index in [1.165, 1.54) is 16.6 Å². The smallest absolute Gasteiger partial charge is 0.378 e. The first-order valence-electron chi connectivity index (χ1n) is 6.88. The number of fused-ring (bicyclic) bond motifs is 1. The number of carbonyl (C=O) groups is 1. The lowest BCUT2D eigenvalue weighted by molar-refractivity contribution is 0.0434. The number of ether oxygens (including phenoxy) is 2. The average Bonchev–Trinajstić information content (AvgIpc) is 2.99. The third kappa shape index (κ3) is 3.25. The summed E-state index contributed by atoms with van der Waals surface area (Å²) in [7, 11) is 0. The van der Waals surface area contributed by atoms with Gasteiger partial charge in [-0.1, -0.05) is 12.1 Å². The predicted octanol–water partition coefficient (Wildman–Crippen LogP) is 1.81. The Hall–Kier alpha value is -3.03. The van der Waals surface area contributed by atoms with Crippen LogP contribution in [0.1, 0.15) is 16.3 Å². The highest BCUT2D eigenvalue weighted by Crippen LogP contribution is 2.15. The lowest BCUT2D eigenvalue weighted by Gasteiger charge is -2.06. The summed E-state index contributed by atoms with van der Waals surface area (Å²) in [5, 5.41) is 4.03. The van der Waals surface area contributed by atoms with Gasteiger partial charge in [0.15, 0.2) is 11.6 Å². The molecule has 23 heavy (non-hydrogen) atoms. The van der Waals surface area contributed by atoms with Crippen LogP contribution in [0.4, 0.5) is 4.39 Å². The molecule has 0 aliphatic carbocycles. The van der Waals surface area contributed by atoms with Gasteiger partial charge >= 0.3 is 5.97 Å². The molecule has 0 fully saturated rings. The number of hydrogen-bond acceptors (Lipinski definition) is 6. The third-order valence-corrected chi connectivity index (χ3v) is 3.02. The highest BCUT2D eigenvalue weighted by atomic mass is 19.1. The Labute approximate surface area is 130 Å². The van der Waals surface area contributed by atoms with E-state index in [0.29, 0.717) is 5.78 Å². The third-order valence-electron chi connectivity index (χ3n) is 3.02. The van der Waals surface area contributed by atoms with Gasteiger partial charge in [-0.25, -0.2) is 18.7 Å². The van der Waals surface area contributed by atoms with Crippen LogP contribution in [0.15, 0.2) is 36.5 Å². The maximum atomic E-state index is 13.3. The normalized spacial score (nSPS) is 10.7. The van der Waals surface area contributed by atoms with Gasteiger partial charge in [0.25, 0.3) is 11.6 Å². The number of nitrogens with zero attached hydrogens (tertiary/aromatic N) is 4. The van der Waals surface area contributed by atoms with Crippen molar-refractivity contribution >= 4 is 11.7 Å². The largest absolute Gasteiger partial charge is 0.487 e. The standard InChI is InChI=1S/C15H13FN4O3/c1-10-6-7-17-15-18-13(19-20(10)15)14(21)23-9-8-22-12-5-3-2-4-11(12)16/h2-7H,8-9H2,1H3. The van der Waals surface area contributed by atoms with Crippen molar-refractivity contribution in [1.82, 2.24) is 19.6 Å². The number of hydrogen-bond donors (Lipinski definition) is 0. The molecule has 118 valence electrons. The van der Waals surface area contributed by atoms with Crippen LogP contribution in [0, 0.1) is 12.7 Å². The molecular weight excluding hydrogens is 303 g/mol. The van der Waals surface area contributed by atoms with Crippen LogP contribution in [-0.2, 0) is 4.74 Å². The highest BCUT2D eigenvalue weighted by Gasteiger charge is 2.15. The molecule has 3 rings (SSSR count). The maximum absolute atomic E-state index is 13.3. The Balaban J connectivity index is 1.56. The lowest BCUT2D eigenvalue weighted by Crippen LogP contribution is -2.14. The lowest BCUT2D eigenvalue weighted by atomic mass is 10.3. The fourth-order valence-electron chi connectivity index (χ4n) is 1.91. The second kappa shape index (κ2) is 6.39. The van der Waals surface area contributed by atoms with Crippen LogP contribution < -0.4 is 4.74 Å². The van der Waals surface area contributed by atoms with Crippen LogP contribution in [0.2, 0.25) is 0 Å². The molecule has 0 N–H and O–H groups in total. The Bertz CT molecular complexity index is 850. The minimum absolute atomic E-state index is 0.0251. The molecule has 2 aromatic heterocycles. The van der Waals surface area contributed by atoms with E-state index in [1.54, 1.807) is 24.4 Å². The molecule has 3 aromatic rings. The van der Waals surface area contributed by atoms with Crippen LogP contribution in [0.5, 0.6) is 5.75 Å². The molecule has 0 bridgehead atoms. The van der Waals surface area contributed by atoms with E-state index in [9.17, 15) is 9.18 Å². The maximum Gasteiger partial charge on any atom is 0.378 e. The van der Waals surface area contributed by atoms with E-state index >= 15 is 0 Å². The summed E-state index contributed by atoms with van der Waals surface area (Å²) in [5.41, 5.74) is 0.796. The topological polar surface area (TPSA) is 78.6 Å². The van der Waals surface area contributed by atoms with Crippen molar-refractivity contribution in [3.05, 3.63) is 53.9 Å². The zero-order valence-electron chi connectivity index (χ0n) is 12.3. The molecule has 0 radical (unpaired) electrons. The zero-order chi connectivity index (χ0) is 16.2. The Morgan fingerprint density at radius 3 is 2.87 bits per heavy atom. The molecule has 0 saturated heterocycles. The van der Waals surface area contributed by atoms with Crippen molar-refractivity contribution in [1.29, 1.82) is 0 Å². The zero-order valence-corrected chi connectivity index (χ0v) is 12.3. The molecule has 0 unspecified atom stereocenters. The number of benzene rings is 1. The van der Waals surface area contributed by atoms with Gasteiger partial charge in [0, 0.05) is 11.9 Å². The second-order valence-electron chi connectivity index (χ2n) is 4.65. The van der Waals surface area contributed by atoms with Crippen molar-refractivity contribution in [2.45, 2.75) is 6.92 Å². The number of rotatable bonds is 5. The number of halogens is 1. The number of esters is 1. The molecule has 0 atom stereocenters. The van der Waals surface area contributed by atoms with Gasteiger partial charge in [0.05, 0.1) is 0 Å². The van der Waals surface area contributed by atoms with Gasteiger partial charge in [-0.2, -0.15) is 4.98 Å². The number of carbonyl (C=O) groups excluding carboxylic acids is 1. The Morgan fingerprint density at radius 2 is 2.09 bits per heavy atom. The molecular formula is C15H13FN4O3. The van der Waals surface area contributed by atoms with E-state index in [1.807, 2.05) is 6.92 Å². The number of aromatic nitrogens is 4. The summed E-state index contributed by atoms with van der Waals surface area (Å²) >= 11 is 0. The minimum Gasteiger partial charge on any atom is -0.487 e. The summed E-state index contributed by atoms with van der Waals surface area (Å²) in [6.07, 6.45) is 1.58. The van der Waals surface area contributed by atoms with Crippen LogP contribution in [0.25, 0.3) is 5.78 Å². The predicted molar refractivity (Wildman–Crippen MR) is 77.7 cm³/mol.